The van der Waals surface area contributed by atoms with Crippen LogP contribution in [0.1, 0.15) is 41.7 Å². The van der Waals surface area contributed by atoms with Crippen LogP contribution in [0.25, 0.3) is 0 Å². The van der Waals surface area contributed by atoms with Crippen molar-refractivity contribution in [3.8, 4) is 0 Å². The van der Waals surface area contributed by atoms with Crippen LogP contribution in [0.5, 0.6) is 0 Å². The standard InChI is InChI=1S/C21H23N5O3S/c1-2-24-19(28)17(16(27)13-30-20-23-10-11-25(20)15-8-9-15)18(22)26(21(24)29)12-14-6-4-3-5-7-14/h3-7,10-11,15H,2,8-9,12-13,22H2,1H3. The van der Waals surface area contributed by atoms with E-state index in [1.54, 1.807) is 13.1 Å². The van der Waals surface area contributed by atoms with Gasteiger partial charge in [0.2, 0.25) is 0 Å². The van der Waals surface area contributed by atoms with Crippen LogP contribution in [0.2, 0.25) is 0 Å². The van der Waals surface area contributed by atoms with E-state index >= 15 is 0 Å². The minimum Gasteiger partial charge on any atom is -0.384 e. The predicted molar refractivity (Wildman–Crippen MR) is 116 cm³/mol. The van der Waals surface area contributed by atoms with Gasteiger partial charge < -0.3 is 10.3 Å². The zero-order chi connectivity index (χ0) is 21.3. The SMILES string of the molecule is CCn1c(=O)c(C(=O)CSc2nccn2C2CC2)c(N)n(Cc2ccccc2)c1=O. The minimum absolute atomic E-state index is 0.0242. The van der Waals surface area contributed by atoms with Gasteiger partial charge in [-0.15, -0.1) is 0 Å². The Morgan fingerprint density at radius 2 is 1.93 bits per heavy atom. The summed E-state index contributed by atoms with van der Waals surface area (Å²) in [7, 11) is 0. The molecule has 9 heteroatoms. The lowest BCUT2D eigenvalue weighted by atomic mass is 10.2. The van der Waals surface area contributed by atoms with E-state index in [4.69, 9.17) is 5.73 Å². The summed E-state index contributed by atoms with van der Waals surface area (Å²) < 4.78 is 4.41. The van der Waals surface area contributed by atoms with Crippen molar-refractivity contribution in [2.75, 3.05) is 11.5 Å². The molecule has 3 aromatic rings. The Bertz CT molecular complexity index is 1190. The Morgan fingerprint density at radius 3 is 2.60 bits per heavy atom. The molecule has 0 spiro atoms. The quantitative estimate of drug-likeness (QED) is 0.438. The van der Waals surface area contributed by atoms with Crippen LogP contribution >= 0.6 is 11.8 Å². The highest BCUT2D eigenvalue weighted by Gasteiger charge is 2.27. The number of Topliss-reactive ketones (excluding diaryl/α,β-unsaturated/α-hetero) is 1. The van der Waals surface area contributed by atoms with Crippen molar-refractivity contribution in [3.63, 3.8) is 0 Å². The Hall–Kier alpha value is -3.07. The van der Waals surface area contributed by atoms with Crippen molar-refractivity contribution < 1.29 is 4.79 Å². The average molecular weight is 426 g/mol. The van der Waals surface area contributed by atoms with Crippen LogP contribution in [0.15, 0.2) is 57.5 Å². The topological polar surface area (TPSA) is 105 Å². The number of imidazole rings is 1. The molecule has 1 saturated carbocycles. The highest BCUT2D eigenvalue weighted by Crippen LogP contribution is 2.37. The highest BCUT2D eigenvalue weighted by molar-refractivity contribution is 7.99. The van der Waals surface area contributed by atoms with Crippen molar-refractivity contribution in [1.82, 2.24) is 18.7 Å². The first-order chi connectivity index (χ1) is 14.5. The van der Waals surface area contributed by atoms with E-state index in [9.17, 15) is 14.4 Å². The summed E-state index contributed by atoms with van der Waals surface area (Å²) in [6.45, 7) is 2.04. The summed E-state index contributed by atoms with van der Waals surface area (Å²) >= 11 is 1.28. The van der Waals surface area contributed by atoms with Crippen LogP contribution in [0, 0.1) is 0 Å². The number of hydrogen-bond acceptors (Lipinski definition) is 6. The first-order valence-electron chi connectivity index (χ1n) is 9.87. The Morgan fingerprint density at radius 1 is 1.20 bits per heavy atom. The van der Waals surface area contributed by atoms with Gasteiger partial charge >= 0.3 is 5.69 Å². The van der Waals surface area contributed by atoms with Crippen LogP contribution in [-0.4, -0.2) is 30.2 Å². The molecule has 1 aromatic carbocycles. The molecule has 0 radical (unpaired) electrons. The molecule has 0 aliphatic heterocycles. The molecule has 1 aliphatic carbocycles. The van der Waals surface area contributed by atoms with Gasteiger partial charge in [-0.3, -0.25) is 18.7 Å². The number of nitrogen functional groups attached to an aromatic ring is 1. The van der Waals surface area contributed by atoms with Gasteiger partial charge in [-0.1, -0.05) is 42.1 Å². The molecule has 0 amide bonds. The maximum absolute atomic E-state index is 13.0. The summed E-state index contributed by atoms with van der Waals surface area (Å²) in [5.74, 6) is -0.470. The molecular formula is C21H23N5O3S. The first-order valence-corrected chi connectivity index (χ1v) is 10.9. The fourth-order valence-electron chi connectivity index (χ4n) is 3.42. The third-order valence-electron chi connectivity index (χ3n) is 5.15. The Balaban J connectivity index is 1.66. The molecule has 4 rings (SSSR count). The third-order valence-corrected chi connectivity index (χ3v) is 6.13. The van der Waals surface area contributed by atoms with Gasteiger partial charge in [-0.25, -0.2) is 9.78 Å². The van der Waals surface area contributed by atoms with Gasteiger partial charge in [0.15, 0.2) is 10.9 Å². The van der Waals surface area contributed by atoms with E-state index in [1.807, 2.05) is 36.5 Å². The Kier molecular flexibility index (Phi) is 5.63. The zero-order valence-electron chi connectivity index (χ0n) is 16.7. The molecule has 1 fully saturated rings. The number of hydrogen-bond donors (Lipinski definition) is 1. The smallest absolute Gasteiger partial charge is 0.332 e. The molecule has 8 nitrogen and oxygen atoms in total. The summed E-state index contributed by atoms with van der Waals surface area (Å²) in [4.78, 5) is 43.0. The fourth-order valence-corrected chi connectivity index (χ4v) is 4.32. The summed E-state index contributed by atoms with van der Waals surface area (Å²) in [6.07, 6.45) is 5.83. The molecule has 156 valence electrons. The summed E-state index contributed by atoms with van der Waals surface area (Å²) in [5, 5.41) is 0.748. The number of nitrogens with two attached hydrogens (primary N) is 1. The molecule has 2 heterocycles. The van der Waals surface area contributed by atoms with E-state index < -0.39 is 17.0 Å². The Labute approximate surface area is 177 Å². The predicted octanol–water partition coefficient (Wildman–Crippen LogP) is 2.17. The van der Waals surface area contributed by atoms with Crippen molar-refractivity contribution in [2.24, 2.45) is 0 Å². The van der Waals surface area contributed by atoms with Gasteiger partial charge in [-0.05, 0) is 25.3 Å². The molecule has 1 aliphatic rings. The third kappa shape index (κ3) is 3.85. The largest absolute Gasteiger partial charge is 0.384 e. The second-order valence-electron chi connectivity index (χ2n) is 7.22. The van der Waals surface area contributed by atoms with E-state index in [1.165, 1.54) is 16.3 Å². The molecule has 0 saturated heterocycles. The number of rotatable bonds is 8. The number of ketones is 1. The normalized spacial score (nSPS) is 13.5. The number of carbonyl (C=O) groups is 1. The number of nitrogens with zero attached hydrogens (tertiary/aromatic N) is 4. The van der Waals surface area contributed by atoms with Crippen molar-refractivity contribution in [1.29, 1.82) is 0 Å². The number of aromatic nitrogens is 4. The van der Waals surface area contributed by atoms with Crippen molar-refractivity contribution in [2.45, 2.75) is 44.1 Å². The first kappa shape index (κ1) is 20.2. The van der Waals surface area contributed by atoms with Gasteiger partial charge in [0.05, 0.1) is 12.3 Å². The van der Waals surface area contributed by atoms with Crippen LogP contribution in [0.4, 0.5) is 5.82 Å². The zero-order valence-corrected chi connectivity index (χ0v) is 17.5. The van der Waals surface area contributed by atoms with Crippen LogP contribution in [0.3, 0.4) is 0 Å². The molecular weight excluding hydrogens is 402 g/mol. The lowest BCUT2D eigenvalue weighted by Crippen LogP contribution is -2.44. The van der Waals surface area contributed by atoms with E-state index in [-0.39, 0.29) is 30.2 Å². The summed E-state index contributed by atoms with van der Waals surface area (Å²) in [5.41, 5.74) is 5.76. The van der Waals surface area contributed by atoms with Gasteiger partial charge in [0, 0.05) is 25.0 Å². The molecule has 0 bridgehead atoms. The fraction of sp³-hybridized carbons (Fsp3) is 0.333. The van der Waals surface area contributed by atoms with Crippen LogP contribution in [-0.2, 0) is 13.1 Å². The van der Waals surface area contributed by atoms with Gasteiger partial charge in [0.1, 0.15) is 11.4 Å². The number of benzene rings is 1. The summed E-state index contributed by atoms with van der Waals surface area (Å²) in [6, 6.07) is 9.76. The average Bonchev–Trinajstić information content (AvgIpc) is 3.48. The molecule has 0 atom stereocenters. The maximum Gasteiger partial charge on any atom is 0.332 e. The lowest BCUT2D eigenvalue weighted by molar-refractivity contribution is 0.102. The van der Waals surface area contributed by atoms with Gasteiger partial charge in [0.25, 0.3) is 5.56 Å². The second-order valence-corrected chi connectivity index (χ2v) is 8.17. The van der Waals surface area contributed by atoms with Gasteiger partial charge in [-0.2, -0.15) is 0 Å². The lowest BCUT2D eigenvalue weighted by Gasteiger charge is -2.15. The highest BCUT2D eigenvalue weighted by atomic mass is 32.2. The van der Waals surface area contributed by atoms with Crippen LogP contribution < -0.4 is 17.0 Å². The number of anilines is 1. The van der Waals surface area contributed by atoms with E-state index in [0.717, 1.165) is 28.1 Å². The van der Waals surface area contributed by atoms with E-state index in [2.05, 4.69) is 9.55 Å². The number of carbonyl (C=O) groups excluding carboxylic acids is 1. The molecule has 30 heavy (non-hydrogen) atoms. The van der Waals surface area contributed by atoms with E-state index in [0.29, 0.717) is 6.04 Å². The van der Waals surface area contributed by atoms with Crippen molar-refractivity contribution >= 4 is 23.4 Å². The molecule has 0 unspecified atom stereocenters. The molecule has 2 N–H and O–H groups in total. The molecule has 2 aromatic heterocycles. The van der Waals surface area contributed by atoms with Crippen molar-refractivity contribution in [3.05, 3.63) is 74.7 Å². The minimum atomic E-state index is -0.638. The second kappa shape index (κ2) is 8.35. The monoisotopic (exact) mass is 425 g/mol. The number of thioether (sulfide) groups is 1. The maximum atomic E-state index is 13.0.